The maximum atomic E-state index is 12.4. The smallest absolute Gasteiger partial charge is 0.272 e. The maximum absolute atomic E-state index is 12.4. The van der Waals surface area contributed by atoms with Gasteiger partial charge in [0.25, 0.3) is 11.6 Å². The monoisotopic (exact) mass is 373 g/mol. The molecule has 3 rings (SSSR count). The standard InChI is InChI=1S/C17H15N3O3S2/c1-9-4-5-12(7-15(9)20(22)23)14-8-24-17(18-14)19-16(21)13-6-10(2)25-11(13)3/h4-8H,1-3H3,(H,18,19,21). The second-order valence-electron chi connectivity index (χ2n) is 5.58. The van der Waals surface area contributed by atoms with Crippen molar-refractivity contribution in [2.45, 2.75) is 20.8 Å². The topological polar surface area (TPSA) is 85.1 Å². The molecule has 0 saturated carbocycles. The number of hydrogen-bond donors (Lipinski definition) is 1. The van der Waals surface area contributed by atoms with Crippen LogP contribution in [0.2, 0.25) is 0 Å². The zero-order valence-electron chi connectivity index (χ0n) is 13.8. The summed E-state index contributed by atoms with van der Waals surface area (Å²) in [5.74, 6) is -0.197. The van der Waals surface area contributed by atoms with E-state index in [1.807, 2.05) is 19.9 Å². The van der Waals surface area contributed by atoms with Gasteiger partial charge in [0.1, 0.15) is 0 Å². The van der Waals surface area contributed by atoms with Gasteiger partial charge in [-0.2, -0.15) is 0 Å². The Balaban J connectivity index is 1.83. The third-order valence-corrected chi connectivity index (χ3v) is 5.44. The number of nitro groups is 1. The lowest BCUT2D eigenvalue weighted by molar-refractivity contribution is -0.385. The van der Waals surface area contributed by atoms with E-state index in [0.717, 1.165) is 9.75 Å². The lowest BCUT2D eigenvalue weighted by Gasteiger charge is -2.01. The Morgan fingerprint density at radius 3 is 2.64 bits per heavy atom. The molecule has 8 heteroatoms. The van der Waals surface area contributed by atoms with Gasteiger partial charge < -0.3 is 0 Å². The Morgan fingerprint density at radius 2 is 2.00 bits per heavy atom. The van der Waals surface area contributed by atoms with Gasteiger partial charge in [-0.05, 0) is 26.8 Å². The average molecular weight is 373 g/mol. The highest BCUT2D eigenvalue weighted by Gasteiger charge is 2.16. The number of nitrogens with one attached hydrogen (secondary N) is 1. The third kappa shape index (κ3) is 3.59. The Morgan fingerprint density at radius 1 is 1.24 bits per heavy atom. The number of nitrogens with zero attached hydrogens (tertiary/aromatic N) is 2. The number of carbonyl (C=O) groups excluding carboxylic acids is 1. The molecule has 1 aromatic carbocycles. The first-order valence-corrected chi connectivity index (χ1v) is 9.14. The zero-order valence-corrected chi connectivity index (χ0v) is 15.5. The molecule has 0 saturated heterocycles. The van der Waals surface area contributed by atoms with Crippen LogP contribution in [0.5, 0.6) is 0 Å². The van der Waals surface area contributed by atoms with Crippen LogP contribution in [-0.2, 0) is 0 Å². The van der Waals surface area contributed by atoms with Crippen molar-refractivity contribution >= 4 is 39.4 Å². The predicted molar refractivity (Wildman–Crippen MR) is 101 cm³/mol. The minimum absolute atomic E-state index is 0.0560. The molecule has 0 atom stereocenters. The van der Waals surface area contributed by atoms with E-state index < -0.39 is 4.92 Å². The number of hydrogen-bond acceptors (Lipinski definition) is 6. The summed E-state index contributed by atoms with van der Waals surface area (Å²) in [7, 11) is 0. The fraction of sp³-hybridized carbons (Fsp3) is 0.176. The molecule has 0 spiro atoms. The number of aryl methyl sites for hydroxylation is 3. The van der Waals surface area contributed by atoms with Gasteiger partial charge in [-0.25, -0.2) is 4.98 Å². The van der Waals surface area contributed by atoms with Crippen LogP contribution in [-0.4, -0.2) is 15.8 Å². The number of carbonyl (C=O) groups is 1. The first-order chi connectivity index (χ1) is 11.8. The number of amides is 1. The molecule has 128 valence electrons. The SMILES string of the molecule is Cc1cc(C(=O)Nc2nc(-c3ccc(C)c([N+](=O)[O-])c3)cs2)c(C)s1. The molecule has 0 aliphatic rings. The second-order valence-corrected chi connectivity index (χ2v) is 7.90. The lowest BCUT2D eigenvalue weighted by atomic mass is 10.1. The predicted octanol–water partition coefficient (Wildman–Crippen LogP) is 4.96. The Hall–Kier alpha value is -2.58. The maximum Gasteiger partial charge on any atom is 0.272 e. The van der Waals surface area contributed by atoms with E-state index in [1.54, 1.807) is 35.8 Å². The molecule has 0 aliphatic heterocycles. The summed E-state index contributed by atoms with van der Waals surface area (Å²) >= 11 is 2.86. The molecule has 25 heavy (non-hydrogen) atoms. The molecule has 0 radical (unpaired) electrons. The van der Waals surface area contributed by atoms with Crippen LogP contribution in [0.1, 0.15) is 25.7 Å². The first kappa shape index (κ1) is 17.2. The van der Waals surface area contributed by atoms with Gasteiger partial charge in [-0.15, -0.1) is 22.7 Å². The molecular formula is C17H15N3O3S2. The summed E-state index contributed by atoms with van der Waals surface area (Å²) in [4.78, 5) is 29.4. The van der Waals surface area contributed by atoms with Crippen molar-refractivity contribution in [1.29, 1.82) is 0 Å². The molecule has 3 aromatic rings. The van der Waals surface area contributed by atoms with E-state index in [2.05, 4.69) is 10.3 Å². The van der Waals surface area contributed by atoms with E-state index in [-0.39, 0.29) is 11.6 Å². The first-order valence-electron chi connectivity index (χ1n) is 7.44. The van der Waals surface area contributed by atoms with Gasteiger partial charge in [0.2, 0.25) is 0 Å². The van der Waals surface area contributed by atoms with E-state index in [4.69, 9.17) is 0 Å². The Kier molecular flexibility index (Phi) is 4.65. The van der Waals surface area contributed by atoms with Gasteiger partial charge in [0, 0.05) is 32.3 Å². The number of nitro benzene ring substituents is 1. The van der Waals surface area contributed by atoms with Crippen LogP contribution in [0.4, 0.5) is 10.8 Å². The van der Waals surface area contributed by atoms with Crippen molar-refractivity contribution in [3.8, 4) is 11.3 Å². The van der Waals surface area contributed by atoms with Gasteiger partial charge in [0.05, 0.1) is 16.2 Å². The van der Waals surface area contributed by atoms with Crippen LogP contribution in [0.3, 0.4) is 0 Å². The van der Waals surface area contributed by atoms with Crippen molar-refractivity contribution in [3.05, 3.63) is 60.6 Å². The van der Waals surface area contributed by atoms with E-state index in [1.165, 1.54) is 17.4 Å². The normalized spacial score (nSPS) is 10.7. The third-order valence-electron chi connectivity index (χ3n) is 3.71. The molecule has 2 aromatic heterocycles. The van der Waals surface area contributed by atoms with Crippen LogP contribution < -0.4 is 5.32 Å². The van der Waals surface area contributed by atoms with E-state index in [0.29, 0.717) is 27.5 Å². The van der Waals surface area contributed by atoms with Crippen molar-refractivity contribution in [3.63, 3.8) is 0 Å². The molecule has 1 N–H and O–H groups in total. The van der Waals surface area contributed by atoms with Crippen LogP contribution >= 0.6 is 22.7 Å². The lowest BCUT2D eigenvalue weighted by Crippen LogP contribution is -2.11. The molecule has 1 amide bonds. The molecule has 0 fully saturated rings. The van der Waals surface area contributed by atoms with Gasteiger partial charge in [0.15, 0.2) is 5.13 Å². The molecule has 0 aliphatic carbocycles. The number of aromatic nitrogens is 1. The molecule has 0 unspecified atom stereocenters. The quantitative estimate of drug-likeness (QED) is 0.517. The van der Waals surface area contributed by atoms with Crippen molar-refractivity contribution in [1.82, 2.24) is 4.98 Å². The molecule has 6 nitrogen and oxygen atoms in total. The Labute approximate surface area is 152 Å². The van der Waals surface area contributed by atoms with E-state index >= 15 is 0 Å². The van der Waals surface area contributed by atoms with Crippen molar-refractivity contribution in [2.24, 2.45) is 0 Å². The summed E-state index contributed by atoms with van der Waals surface area (Å²) in [5, 5.41) is 16.1. The summed E-state index contributed by atoms with van der Waals surface area (Å²) < 4.78 is 0. The minimum atomic E-state index is -0.407. The summed E-state index contributed by atoms with van der Waals surface area (Å²) in [6.07, 6.45) is 0. The van der Waals surface area contributed by atoms with E-state index in [9.17, 15) is 14.9 Å². The van der Waals surface area contributed by atoms with Crippen LogP contribution in [0.25, 0.3) is 11.3 Å². The average Bonchev–Trinajstić information content (AvgIpc) is 3.13. The number of benzene rings is 1. The fourth-order valence-electron chi connectivity index (χ4n) is 2.45. The molecule has 0 bridgehead atoms. The summed E-state index contributed by atoms with van der Waals surface area (Å²) in [6, 6.07) is 6.84. The van der Waals surface area contributed by atoms with Crippen LogP contribution in [0.15, 0.2) is 29.6 Å². The van der Waals surface area contributed by atoms with Gasteiger partial charge >= 0.3 is 0 Å². The van der Waals surface area contributed by atoms with Gasteiger partial charge in [-0.1, -0.05) is 12.1 Å². The molecule has 2 heterocycles. The van der Waals surface area contributed by atoms with Crippen LogP contribution in [0, 0.1) is 30.9 Å². The fourth-order valence-corrected chi connectivity index (χ4v) is 4.09. The minimum Gasteiger partial charge on any atom is -0.298 e. The number of thiazole rings is 1. The molecular weight excluding hydrogens is 358 g/mol. The highest BCUT2D eigenvalue weighted by Crippen LogP contribution is 2.30. The highest BCUT2D eigenvalue weighted by molar-refractivity contribution is 7.14. The Bertz CT molecular complexity index is 975. The second kappa shape index (κ2) is 6.73. The number of anilines is 1. The number of thiophene rings is 1. The van der Waals surface area contributed by atoms with Crippen molar-refractivity contribution in [2.75, 3.05) is 5.32 Å². The highest BCUT2D eigenvalue weighted by atomic mass is 32.1. The largest absolute Gasteiger partial charge is 0.298 e. The summed E-state index contributed by atoms with van der Waals surface area (Å²) in [6.45, 7) is 5.56. The number of rotatable bonds is 4. The van der Waals surface area contributed by atoms with Gasteiger partial charge in [-0.3, -0.25) is 20.2 Å². The summed E-state index contributed by atoms with van der Waals surface area (Å²) in [5.41, 5.74) is 2.55. The zero-order chi connectivity index (χ0) is 18.1. The van der Waals surface area contributed by atoms with Crippen molar-refractivity contribution < 1.29 is 9.72 Å².